The van der Waals surface area contributed by atoms with Crippen molar-refractivity contribution in [1.82, 2.24) is 9.78 Å². The third kappa shape index (κ3) is 2.85. The molecule has 5 nitrogen and oxygen atoms in total. The number of rotatable bonds is 4. The first kappa shape index (κ1) is 10.7. The van der Waals surface area contributed by atoms with Gasteiger partial charge in [0.1, 0.15) is 0 Å². The summed E-state index contributed by atoms with van der Waals surface area (Å²) in [6.45, 7) is 2.07. The van der Waals surface area contributed by atoms with Crippen LogP contribution in [0.5, 0.6) is 5.88 Å². The van der Waals surface area contributed by atoms with Crippen molar-refractivity contribution in [2.45, 2.75) is 26.0 Å². The van der Waals surface area contributed by atoms with E-state index >= 15 is 0 Å². The number of aromatic nitrogens is 2. The zero-order chi connectivity index (χ0) is 10.6. The zero-order valence-electron chi connectivity index (χ0n) is 8.30. The third-order valence-electron chi connectivity index (χ3n) is 1.81. The summed E-state index contributed by atoms with van der Waals surface area (Å²) >= 11 is 0. The molecule has 0 spiro atoms. The number of hydrogen-bond donors (Lipinski definition) is 1. The van der Waals surface area contributed by atoms with Gasteiger partial charge in [-0.15, -0.1) is 5.10 Å². The number of aryl methyl sites for hydroxylation is 1. The summed E-state index contributed by atoms with van der Waals surface area (Å²) in [5.74, 6) is 0.398. The smallest absolute Gasteiger partial charge is 0.266 e. The van der Waals surface area contributed by atoms with E-state index < -0.39 is 6.10 Å². The molecule has 5 heteroatoms. The monoisotopic (exact) mass is 198 g/mol. The lowest BCUT2D eigenvalue weighted by Gasteiger charge is -2.07. The fraction of sp³-hybridized carbons (Fsp3) is 0.556. The molecule has 0 aliphatic carbocycles. The highest BCUT2D eigenvalue weighted by Gasteiger charge is 2.02. The zero-order valence-corrected chi connectivity index (χ0v) is 8.30. The second kappa shape index (κ2) is 4.76. The summed E-state index contributed by atoms with van der Waals surface area (Å²) in [5, 5.41) is 13.0. The van der Waals surface area contributed by atoms with Gasteiger partial charge in [0.25, 0.3) is 5.56 Å². The molecule has 78 valence electrons. The first-order valence-corrected chi connectivity index (χ1v) is 4.43. The average Bonchev–Trinajstić information content (AvgIpc) is 2.16. The van der Waals surface area contributed by atoms with E-state index in [9.17, 15) is 4.79 Å². The highest BCUT2D eigenvalue weighted by atomic mass is 16.5. The molecular formula is C9H14N2O3. The Hall–Kier alpha value is -1.36. The summed E-state index contributed by atoms with van der Waals surface area (Å²) in [6, 6.07) is 2.91. The second-order valence-corrected chi connectivity index (χ2v) is 3.07. The van der Waals surface area contributed by atoms with Crippen molar-refractivity contribution in [3.63, 3.8) is 0 Å². The molecular weight excluding hydrogens is 184 g/mol. The molecule has 0 radical (unpaired) electrons. The van der Waals surface area contributed by atoms with E-state index in [0.717, 1.165) is 0 Å². The minimum atomic E-state index is -0.435. The fourth-order valence-electron chi connectivity index (χ4n) is 1.01. The number of nitrogens with zero attached hydrogens (tertiary/aromatic N) is 2. The molecule has 0 amide bonds. The lowest BCUT2D eigenvalue weighted by Crippen LogP contribution is -2.23. The van der Waals surface area contributed by atoms with E-state index in [1.54, 1.807) is 6.92 Å². The highest BCUT2D eigenvalue weighted by Crippen LogP contribution is 2.00. The Morgan fingerprint density at radius 2 is 2.36 bits per heavy atom. The molecule has 14 heavy (non-hydrogen) atoms. The molecule has 1 aromatic rings. The summed E-state index contributed by atoms with van der Waals surface area (Å²) in [6.07, 6.45) is 0.0648. The molecule has 1 aromatic heterocycles. The van der Waals surface area contributed by atoms with Gasteiger partial charge < -0.3 is 9.84 Å². The Labute approximate surface area is 81.9 Å². The summed E-state index contributed by atoms with van der Waals surface area (Å²) in [5.41, 5.74) is -0.188. The van der Waals surface area contributed by atoms with Crippen molar-refractivity contribution in [2.75, 3.05) is 7.11 Å². The van der Waals surface area contributed by atoms with Gasteiger partial charge in [-0.2, -0.15) is 0 Å². The minimum absolute atomic E-state index is 0.188. The summed E-state index contributed by atoms with van der Waals surface area (Å²) < 4.78 is 6.17. The standard InChI is InChI=1S/C9H14N2O3/c1-7(12)5-6-11-9(13)4-3-8(10-11)14-2/h3-4,7,12H,5-6H2,1-2H3. The van der Waals surface area contributed by atoms with Crippen molar-refractivity contribution in [3.05, 3.63) is 22.5 Å². The molecule has 0 aliphatic heterocycles. The van der Waals surface area contributed by atoms with Crippen LogP contribution in [0.3, 0.4) is 0 Å². The van der Waals surface area contributed by atoms with Gasteiger partial charge in [-0.1, -0.05) is 0 Å². The molecule has 0 aromatic carbocycles. The molecule has 0 fully saturated rings. The van der Waals surface area contributed by atoms with E-state index in [1.807, 2.05) is 0 Å². The van der Waals surface area contributed by atoms with E-state index in [4.69, 9.17) is 9.84 Å². The van der Waals surface area contributed by atoms with Gasteiger partial charge in [-0.25, -0.2) is 4.68 Å². The topological polar surface area (TPSA) is 64.3 Å². The van der Waals surface area contributed by atoms with Crippen molar-refractivity contribution < 1.29 is 9.84 Å². The largest absolute Gasteiger partial charge is 0.480 e. The molecule has 1 N–H and O–H groups in total. The van der Waals surface area contributed by atoms with E-state index in [1.165, 1.54) is 23.9 Å². The molecule has 0 saturated carbocycles. The van der Waals surface area contributed by atoms with Crippen LogP contribution in [-0.4, -0.2) is 28.1 Å². The molecule has 1 heterocycles. The Morgan fingerprint density at radius 3 is 2.93 bits per heavy atom. The fourth-order valence-corrected chi connectivity index (χ4v) is 1.01. The van der Waals surface area contributed by atoms with Crippen molar-refractivity contribution in [2.24, 2.45) is 0 Å². The average molecular weight is 198 g/mol. The van der Waals surface area contributed by atoms with Gasteiger partial charge in [0.15, 0.2) is 0 Å². The van der Waals surface area contributed by atoms with E-state index in [2.05, 4.69) is 5.10 Å². The van der Waals surface area contributed by atoms with Gasteiger partial charge >= 0.3 is 0 Å². The van der Waals surface area contributed by atoms with Gasteiger partial charge in [0.05, 0.1) is 13.2 Å². The number of aliphatic hydroxyl groups is 1. The van der Waals surface area contributed by atoms with Crippen molar-refractivity contribution in [3.8, 4) is 5.88 Å². The highest BCUT2D eigenvalue weighted by molar-refractivity contribution is 5.05. The maximum absolute atomic E-state index is 11.3. The molecule has 1 unspecified atom stereocenters. The van der Waals surface area contributed by atoms with Crippen LogP contribution in [-0.2, 0) is 6.54 Å². The van der Waals surface area contributed by atoms with Gasteiger partial charge in [-0.05, 0) is 13.3 Å². The number of aliphatic hydroxyl groups excluding tert-OH is 1. The Kier molecular flexibility index (Phi) is 3.64. The van der Waals surface area contributed by atoms with E-state index in [0.29, 0.717) is 18.8 Å². The lowest BCUT2D eigenvalue weighted by molar-refractivity contribution is 0.175. The molecule has 1 rings (SSSR count). The van der Waals surface area contributed by atoms with Gasteiger partial charge in [0, 0.05) is 18.7 Å². The maximum Gasteiger partial charge on any atom is 0.266 e. The number of hydrogen-bond acceptors (Lipinski definition) is 4. The third-order valence-corrected chi connectivity index (χ3v) is 1.81. The normalized spacial score (nSPS) is 12.5. The van der Waals surface area contributed by atoms with Crippen LogP contribution >= 0.6 is 0 Å². The molecule has 0 saturated heterocycles. The van der Waals surface area contributed by atoms with Crippen LogP contribution in [0, 0.1) is 0 Å². The first-order valence-electron chi connectivity index (χ1n) is 4.43. The van der Waals surface area contributed by atoms with Crippen LogP contribution in [0.25, 0.3) is 0 Å². The van der Waals surface area contributed by atoms with Crippen LogP contribution in [0.1, 0.15) is 13.3 Å². The van der Waals surface area contributed by atoms with Crippen LogP contribution in [0.15, 0.2) is 16.9 Å². The SMILES string of the molecule is COc1ccc(=O)n(CCC(C)O)n1. The quantitative estimate of drug-likeness (QED) is 0.741. The summed E-state index contributed by atoms with van der Waals surface area (Å²) in [7, 11) is 1.49. The minimum Gasteiger partial charge on any atom is -0.480 e. The van der Waals surface area contributed by atoms with Crippen molar-refractivity contribution >= 4 is 0 Å². The van der Waals surface area contributed by atoms with Crippen LogP contribution < -0.4 is 10.3 Å². The molecule has 0 aliphatic rings. The molecule has 1 atom stereocenters. The number of ether oxygens (including phenoxy) is 1. The van der Waals surface area contributed by atoms with Crippen molar-refractivity contribution in [1.29, 1.82) is 0 Å². The number of methoxy groups -OCH3 is 1. The molecule has 0 bridgehead atoms. The predicted molar refractivity (Wildman–Crippen MR) is 51.3 cm³/mol. The second-order valence-electron chi connectivity index (χ2n) is 3.07. The van der Waals surface area contributed by atoms with Gasteiger partial charge in [0.2, 0.25) is 5.88 Å². The summed E-state index contributed by atoms with van der Waals surface area (Å²) in [4.78, 5) is 11.3. The van der Waals surface area contributed by atoms with E-state index in [-0.39, 0.29) is 5.56 Å². The predicted octanol–water partition coefficient (Wildman–Crippen LogP) is 0.0228. The van der Waals surface area contributed by atoms with Gasteiger partial charge in [-0.3, -0.25) is 4.79 Å². The van der Waals surface area contributed by atoms with Crippen LogP contribution in [0.2, 0.25) is 0 Å². The Balaban J connectivity index is 2.79. The Morgan fingerprint density at radius 1 is 1.64 bits per heavy atom. The maximum atomic E-state index is 11.3. The first-order chi connectivity index (χ1) is 6.63. The van der Waals surface area contributed by atoms with Crippen LogP contribution in [0.4, 0.5) is 0 Å². The Bertz CT molecular complexity index is 346. The lowest BCUT2D eigenvalue weighted by atomic mass is 10.3.